The molecule has 1 aliphatic carbocycles. The molecule has 1 heterocycles. The number of aliphatic carboxylic acids is 1. The van der Waals surface area contributed by atoms with Gasteiger partial charge in [0, 0.05) is 21.9 Å². The van der Waals surface area contributed by atoms with E-state index in [-0.39, 0.29) is 18.4 Å². The average Bonchev–Trinajstić information content (AvgIpc) is 3.21. The fourth-order valence-corrected chi connectivity index (χ4v) is 6.36. The molecule has 2 fully saturated rings. The number of halogens is 2. The number of carboxylic acid groups (broad SMARTS) is 1. The van der Waals surface area contributed by atoms with Gasteiger partial charge in [-0.15, -0.1) is 0 Å². The van der Waals surface area contributed by atoms with Crippen LogP contribution < -0.4 is 0 Å². The van der Waals surface area contributed by atoms with E-state index in [1.54, 1.807) is 23.1 Å². The molecule has 194 valence electrons. The van der Waals surface area contributed by atoms with Crippen LogP contribution in [-0.2, 0) is 20.9 Å². The third-order valence-electron chi connectivity index (χ3n) is 7.65. The lowest BCUT2D eigenvalue weighted by Gasteiger charge is -2.35. The zero-order chi connectivity index (χ0) is 26.0. The van der Waals surface area contributed by atoms with E-state index >= 15 is 0 Å². The summed E-state index contributed by atoms with van der Waals surface area (Å²) in [5.74, 6) is -1.66. The molecule has 1 aliphatic heterocycles. The van der Waals surface area contributed by atoms with E-state index in [9.17, 15) is 14.7 Å². The van der Waals surface area contributed by atoms with E-state index in [4.69, 9.17) is 27.9 Å². The molecule has 4 rings (SSSR count). The van der Waals surface area contributed by atoms with Crippen molar-refractivity contribution in [1.29, 1.82) is 0 Å². The molecule has 5 nitrogen and oxygen atoms in total. The SMILES string of the molecule is CC(C)(C)[C@@H]1C(OCc2cc(Cl)ccc2Cl)[C@@H](c2ccccc2)N(C(=O)C2CCCCC2)[C@H]1C(=O)O. The number of hydrogen-bond donors (Lipinski definition) is 1. The molecule has 2 aliphatic rings. The van der Waals surface area contributed by atoms with Crippen molar-refractivity contribution in [3.63, 3.8) is 0 Å². The minimum absolute atomic E-state index is 0.0721. The van der Waals surface area contributed by atoms with Gasteiger partial charge in [-0.1, -0.05) is 93.6 Å². The number of carboxylic acids is 1. The van der Waals surface area contributed by atoms with Gasteiger partial charge in [0.2, 0.25) is 5.91 Å². The Morgan fingerprint density at radius 2 is 1.69 bits per heavy atom. The molecule has 2 aromatic rings. The van der Waals surface area contributed by atoms with Crippen LogP contribution in [0.3, 0.4) is 0 Å². The Morgan fingerprint density at radius 3 is 2.31 bits per heavy atom. The van der Waals surface area contributed by atoms with E-state index in [2.05, 4.69) is 0 Å². The first-order chi connectivity index (χ1) is 17.1. The van der Waals surface area contributed by atoms with Crippen molar-refractivity contribution in [3.05, 3.63) is 69.7 Å². The molecule has 36 heavy (non-hydrogen) atoms. The number of carbonyl (C=O) groups excluding carboxylic acids is 1. The first-order valence-electron chi connectivity index (χ1n) is 12.7. The van der Waals surface area contributed by atoms with Crippen molar-refractivity contribution in [1.82, 2.24) is 4.90 Å². The van der Waals surface area contributed by atoms with Gasteiger partial charge in [0.1, 0.15) is 6.04 Å². The number of hydrogen-bond acceptors (Lipinski definition) is 3. The average molecular weight is 533 g/mol. The van der Waals surface area contributed by atoms with Crippen molar-refractivity contribution in [2.45, 2.75) is 77.7 Å². The van der Waals surface area contributed by atoms with Gasteiger partial charge in [0.15, 0.2) is 0 Å². The van der Waals surface area contributed by atoms with Crippen LogP contribution in [-0.4, -0.2) is 34.0 Å². The van der Waals surface area contributed by atoms with Crippen LogP contribution in [0.25, 0.3) is 0 Å². The van der Waals surface area contributed by atoms with Crippen LogP contribution >= 0.6 is 23.2 Å². The van der Waals surface area contributed by atoms with Gasteiger partial charge in [0.25, 0.3) is 0 Å². The summed E-state index contributed by atoms with van der Waals surface area (Å²) in [6, 6.07) is 13.4. The van der Waals surface area contributed by atoms with Crippen LogP contribution in [0.1, 0.15) is 70.0 Å². The molecule has 1 saturated heterocycles. The topological polar surface area (TPSA) is 66.8 Å². The van der Waals surface area contributed by atoms with Gasteiger partial charge < -0.3 is 14.7 Å². The fourth-order valence-electron chi connectivity index (χ4n) is 5.99. The Bertz CT molecular complexity index is 1080. The molecule has 1 saturated carbocycles. The molecular formula is C29H35Cl2NO4. The minimum Gasteiger partial charge on any atom is -0.480 e. The summed E-state index contributed by atoms with van der Waals surface area (Å²) in [6.07, 6.45) is 4.16. The van der Waals surface area contributed by atoms with E-state index in [0.29, 0.717) is 10.0 Å². The highest BCUT2D eigenvalue weighted by atomic mass is 35.5. The summed E-state index contributed by atoms with van der Waals surface area (Å²) >= 11 is 12.6. The summed E-state index contributed by atoms with van der Waals surface area (Å²) in [7, 11) is 0. The fraction of sp³-hybridized carbons (Fsp3) is 0.517. The standard InChI is InChI=1S/C29H35Cl2NO4/c1-29(2,3)23-25(28(34)35)32(27(33)19-12-8-5-9-13-19)24(18-10-6-4-7-11-18)26(23)36-17-20-16-21(30)14-15-22(20)31/h4,6-7,10-11,14-16,19,23-26H,5,8-9,12-13,17H2,1-3H3,(H,34,35)/t23-,24+,25+,26?/m0/s1. The molecule has 7 heteroatoms. The second-order valence-electron chi connectivity index (χ2n) is 11.1. The number of ether oxygens (including phenoxy) is 1. The normalized spacial score (nSPS) is 25.2. The first kappa shape index (κ1) is 27.0. The quantitative estimate of drug-likeness (QED) is 0.429. The second kappa shape index (κ2) is 11.1. The summed E-state index contributed by atoms with van der Waals surface area (Å²) in [5, 5.41) is 11.6. The molecule has 1 N–H and O–H groups in total. The lowest BCUT2D eigenvalue weighted by Crippen LogP contribution is -2.49. The molecule has 0 aromatic heterocycles. The number of rotatable bonds is 6. The minimum atomic E-state index is -0.996. The molecular weight excluding hydrogens is 497 g/mol. The third-order valence-corrected chi connectivity index (χ3v) is 8.25. The highest BCUT2D eigenvalue weighted by Gasteiger charge is 2.59. The van der Waals surface area contributed by atoms with Crippen molar-refractivity contribution in [2.75, 3.05) is 0 Å². The van der Waals surface area contributed by atoms with Gasteiger partial charge in [-0.3, -0.25) is 4.79 Å². The van der Waals surface area contributed by atoms with Crippen LogP contribution in [0.5, 0.6) is 0 Å². The summed E-state index contributed by atoms with van der Waals surface area (Å²) in [5.41, 5.74) is 1.16. The Kier molecular flexibility index (Phi) is 8.33. The van der Waals surface area contributed by atoms with Crippen LogP contribution in [0.2, 0.25) is 10.0 Å². The highest BCUT2D eigenvalue weighted by Crippen LogP contribution is 2.50. The maximum absolute atomic E-state index is 14.1. The van der Waals surface area contributed by atoms with Crippen LogP contribution in [0, 0.1) is 17.3 Å². The van der Waals surface area contributed by atoms with E-state index in [0.717, 1.165) is 43.2 Å². The van der Waals surface area contributed by atoms with Gasteiger partial charge in [-0.05, 0) is 47.6 Å². The Hall–Kier alpha value is -2.08. The molecule has 0 radical (unpaired) electrons. The van der Waals surface area contributed by atoms with E-state index in [1.165, 1.54) is 0 Å². The maximum atomic E-state index is 14.1. The number of carbonyl (C=O) groups is 2. The number of amides is 1. The van der Waals surface area contributed by atoms with E-state index < -0.39 is 35.5 Å². The molecule has 0 spiro atoms. The first-order valence-corrected chi connectivity index (χ1v) is 13.5. The van der Waals surface area contributed by atoms with Crippen molar-refractivity contribution in [3.8, 4) is 0 Å². The third kappa shape index (κ3) is 5.58. The van der Waals surface area contributed by atoms with Crippen LogP contribution in [0.15, 0.2) is 48.5 Å². The van der Waals surface area contributed by atoms with Crippen molar-refractivity contribution in [2.24, 2.45) is 17.3 Å². The largest absolute Gasteiger partial charge is 0.480 e. The Balaban J connectivity index is 1.80. The molecule has 1 amide bonds. The van der Waals surface area contributed by atoms with Crippen LogP contribution in [0.4, 0.5) is 0 Å². The zero-order valence-electron chi connectivity index (χ0n) is 21.1. The Labute approximate surface area is 223 Å². The lowest BCUT2D eigenvalue weighted by molar-refractivity contribution is -0.154. The van der Waals surface area contributed by atoms with Crippen molar-refractivity contribution < 1.29 is 19.4 Å². The molecule has 4 atom stereocenters. The van der Waals surface area contributed by atoms with Gasteiger partial charge in [-0.2, -0.15) is 0 Å². The van der Waals surface area contributed by atoms with Gasteiger partial charge in [-0.25, -0.2) is 4.79 Å². The molecule has 1 unspecified atom stereocenters. The van der Waals surface area contributed by atoms with Gasteiger partial charge in [0.05, 0.1) is 18.8 Å². The second-order valence-corrected chi connectivity index (χ2v) is 12.0. The predicted molar refractivity (Wildman–Crippen MR) is 142 cm³/mol. The maximum Gasteiger partial charge on any atom is 0.326 e. The van der Waals surface area contributed by atoms with Crippen molar-refractivity contribution >= 4 is 35.1 Å². The highest BCUT2D eigenvalue weighted by molar-refractivity contribution is 6.33. The summed E-state index contributed by atoms with van der Waals surface area (Å²) < 4.78 is 6.58. The molecule has 0 bridgehead atoms. The molecule has 2 aromatic carbocycles. The predicted octanol–water partition coefficient (Wildman–Crippen LogP) is 7.16. The monoisotopic (exact) mass is 531 g/mol. The number of likely N-dealkylation sites (tertiary alicyclic amines) is 1. The lowest BCUT2D eigenvalue weighted by atomic mass is 9.73. The smallest absolute Gasteiger partial charge is 0.326 e. The Morgan fingerprint density at radius 1 is 1.03 bits per heavy atom. The van der Waals surface area contributed by atoms with E-state index in [1.807, 2.05) is 51.1 Å². The summed E-state index contributed by atoms with van der Waals surface area (Å²) in [4.78, 5) is 28.6. The zero-order valence-corrected chi connectivity index (χ0v) is 22.6. The number of nitrogens with zero attached hydrogens (tertiary/aromatic N) is 1. The van der Waals surface area contributed by atoms with Gasteiger partial charge >= 0.3 is 5.97 Å². The summed E-state index contributed by atoms with van der Waals surface area (Å²) in [6.45, 7) is 6.23. The number of benzene rings is 2.